The van der Waals surface area contributed by atoms with Crippen molar-refractivity contribution < 1.29 is 9.18 Å². The minimum absolute atomic E-state index is 0.0760. The molecule has 0 aliphatic heterocycles. The Morgan fingerprint density at radius 2 is 1.86 bits per heavy atom. The first-order chi connectivity index (χ1) is 14.0. The number of aromatic amines is 1. The van der Waals surface area contributed by atoms with E-state index in [0.717, 1.165) is 6.42 Å². The number of nitrogens with zero attached hydrogens (tertiary/aromatic N) is 3. The second-order valence-electron chi connectivity index (χ2n) is 6.58. The molecule has 7 nitrogen and oxygen atoms in total. The van der Waals surface area contributed by atoms with Crippen LogP contribution in [-0.4, -0.2) is 25.7 Å². The molecule has 0 aliphatic carbocycles. The van der Waals surface area contributed by atoms with Gasteiger partial charge in [-0.05, 0) is 54.4 Å². The second kappa shape index (κ2) is 7.67. The summed E-state index contributed by atoms with van der Waals surface area (Å²) in [5.74, 6) is -0.356. The molecule has 29 heavy (non-hydrogen) atoms. The minimum atomic E-state index is -0.426. The van der Waals surface area contributed by atoms with E-state index < -0.39 is 5.56 Å². The molecule has 0 radical (unpaired) electrons. The number of hydrogen-bond donors (Lipinski definition) is 2. The molecular formula is C21H18FN5O2. The normalized spacial score (nSPS) is 11.0. The third kappa shape index (κ3) is 3.91. The van der Waals surface area contributed by atoms with Crippen LogP contribution < -0.4 is 10.9 Å². The van der Waals surface area contributed by atoms with Gasteiger partial charge >= 0.3 is 0 Å². The molecular weight excluding hydrogens is 373 g/mol. The smallest absolute Gasteiger partial charge is 0.290 e. The summed E-state index contributed by atoms with van der Waals surface area (Å²) in [5.41, 5.74) is 2.83. The van der Waals surface area contributed by atoms with E-state index in [1.807, 2.05) is 24.3 Å². The monoisotopic (exact) mass is 391 g/mol. The average molecular weight is 391 g/mol. The minimum Gasteiger partial charge on any atom is -0.326 e. The molecule has 0 bridgehead atoms. The lowest BCUT2D eigenvalue weighted by Gasteiger charge is -2.06. The molecule has 2 aromatic heterocycles. The molecule has 0 saturated heterocycles. The standard InChI is InChI=1S/C21H18FN5O2/c1-2-13-3-9-16(10-4-13)23-20(28)12-19-24-25-21(29)18-11-17(26-27(18)19)14-5-7-15(22)8-6-14/h3-11H,2,12H2,1H3,(H,23,28)(H,25,29). The summed E-state index contributed by atoms with van der Waals surface area (Å²) in [7, 11) is 0. The Balaban J connectivity index is 1.61. The van der Waals surface area contributed by atoms with Crippen LogP contribution in [0.5, 0.6) is 0 Å². The van der Waals surface area contributed by atoms with E-state index in [1.54, 1.807) is 18.2 Å². The van der Waals surface area contributed by atoms with Gasteiger partial charge in [-0.25, -0.2) is 14.0 Å². The molecule has 0 spiro atoms. The Bertz CT molecular complexity index is 1230. The highest BCUT2D eigenvalue weighted by Gasteiger charge is 2.15. The van der Waals surface area contributed by atoms with E-state index in [9.17, 15) is 14.0 Å². The summed E-state index contributed by atoms with van der Waals surface area (Å²) >= 11 is 0. The lowest BCUT2D eigenvalue weighted by Crippen LogP contribution is -2.22. The van der Waals surface area contributed by atoms with Crippen molar-refractivity contribution in [3.63, 3.8) is 0 Å². The van der Waals surface area contributed by atoms with Crippen molar-refractivity contribution in [1.82, 2.24) is 19.8 Å². The van der Waals surface area contributed by atoms with Crippen LogP contribution in [0.2, 0.25) is 0 Å². The molecule has 146 valence electrons. The predicted molar refractivity (Wildman–Crippen MR) is 107 cm³/mol. The number of anilines is 1. The van der Waals surface area contributed by atoms with Crippen molar-refractivity contribution >= 4 is 17.1 Å². The van der Waals surface area contributed by atoms with Gasteiger partial charge in [0, 0.05) is 11.3 Å². The topological polar surface area (TPSA) is 92.1 Å². The number of halogens is 1. The van der Waals surface area contributed by atoms with E-state index >= 15 is 0 Å². The number of hydrogen-bond acceptors (Lipinski definition) is 4. The van der Waals surface area contributed by atoms with Gasteiger partial charge in [0.15, 0.2) is 5.82 Å². The summed E-state index contributed by atoms with van der Waals surface area (Å²) in [5, 5.41) is 13.6. The van der Waals surface area contributed by atoms with Crippen molar-refractivity contribution in [1.29, 1.82) is 0 Å². The summed E-state index contributed by atoms with van der Waals surface area (Å²) in [6.07, 6.45) is 0.844. The molecule has 2 heterocycles. The van der Waals surface area contributed by atoms with Gasteiger partial charge in [0.25, 0.3) is 5.56 Å². The highest BCUT2D eigenvalue weighted by atomic mass is 19.1. The molecule has 0 fully saturated rings. The molecule has 2 aromatic carbocycles. The predicted octanol–water partition coefficient (Wildman–Crippen LogP) is 2.97. The number of amides is 1. The summed E-state index contributed by atoms with van der Waals surface area (Å²) < 4.78 is 14.5. The lowest BCUT2D eigenvalue weighted by molar-refractivity contribution is -0.115. The molecule has 4 rings (SSSR count). The fourth-order valence-corrected chi connectivity index (χ4v) is 3.01. The summed E-state index contributed by atoms with van der Waals surface area (Å²) in [6.45, 7) is 2.06. The van der Waals surface area contributed by atoms with Crippen molar-refractivity contribution in [2.45, 2.75) is 19.8 Å². The molecule has 1 amide bonds. The number of carbonyl (C=O) groups excluding carboxylic acids is 1. The van der Waals surface area contributed by atoms with Gasteiger partial charge in [0.2, 0.25) is 5.91 Å². The zero-order valence-corrected chi connectivity index (χ0v) is 15.6. The number of benzene rings is 2. The SMILES string of the molecule is CCc1ccc(NC(=O)Cc2n[nH]c(=O)c3cc(-c4ccc(F)cc4)nn23)cc1. The third-order valence-electron chi connectivity index (χ3n) is 4.58. The van der Waals surface area contributed by atoms with E-state index in [1.165, 1.54) is 22.2 Å². The van der Waals surface area contributed by atoms with Crippen LogP contribution in [0.3, 0.4) is 0 Å². The Morgan fingerprint density at radius 3 is 2.55 bits per heavy atom. The summed E-state index contributed by atoms with van der Waals surface area (Å²) in [6, 6.07) is 15.0. The Kier molecular flexibility index (Phi) is 4.90. The number of aromatic nitrogens is 4. The Hall–Kier alpha value is -3.81. The van der Waals surface area contributed by atoms with Crippen LogP contribution >= 0.6 is 0 Å². The van der Waals surface area contributed by atoms with Crippen molar-refractivity contribution in [2.24, 2.45) is 0 Å². The number of rotatable bonds is 5. The fraction of sp³-hybridized carbons (Fsp3) is 0.143. The fourth-order valence-electron chi connectivity index (χ4n) is 3.01. The van der Waals surface area contributed by atoms with Gasteiger partial charge < -0.3 is 5.32 Å². The lowest BCUT2D eigenvalue weighted by atomic mass is 10.1. The van der Waals surface area contributed by atoms with Gasteiger partial charge in [0.05, 0.1) is 12.1 Å². The molecule has 4 aromatic rings. The first kappa shape index (κ1) is 18.5. The molecule has 2 N–H and O–H groups in total. The largest absolute Gasteiger partial charge is 0.326 e. The molecule has 0 unspecified atom stereocenters. The number of carbonyl (C=O) groups is 1. The van der Waals surface area contributed by atoms with Crippen LogP contribution in [0.25, 0.3) is 16.8 Å². The zero-order valence-electron chi connectivity index (χ0n) is 15.6. The van der Waals surface area contributed by atoms with E-state index in [0.29, 0.717) is 16.9 Å². The van der Waals surface area contributed by atoms with Crippen LogP contribution in [-0.2, 0) is 17.6 Å². The highest BCUT2D eigenvalue weighted by molar-refractivity contribution is 5.91. The van der Waals surface area contributed by atoms with Crippen LogP contribution in [0.1, 0.15) is 18.3 Å². The van der Waals surface area contributed by atoms with Gasteiger partial charge in [-0.15, -0.1) is 0 Å². The number of aryl methyl sites for hydroxylation is 1. The van der Waals surface area contributed by atoms with E-state index in [-0.39, 0.29) is 29.5 Å². The van der Waals surface area contributed by atoms with E-state index in [2.05, 4.69) is 27.5 Å². The van der Waals surface area contributed by atoms with Crippen LogP contribution in [0.15, 0.2) is 59.4 Å². The molecule has 8 heteroatoms. The van der Waals surface area contributed by atoms with Gasteiger partial charge in [0.1, 0.15) is 11.3 Å². The van der Waals surface area contributed by atoms with Crippen LogP contribution in [0.4, 0.5) is 10.1 Å². The van der Waals surface area contributed by atoms with Crippen molar-refractivity contribution in [3.8, 4) is 11.3 Å². The average Bonchev–Trinajstić information content (AvgIpc) is 3.18. The van der Waals surface area contributed by atoms with E-state index in [4.69, 9.17) is 0 Å². The summed E-state index contributed by atoms with van der Waals surface area (Å²) in [4.78, 5) is 24.6. The van der Waals surface area contributed by atoms with Crippen molar-refractivity contribution in [3.05, 3.63) is 82.2 Å². The number of fused-ring (bicyclic) bond motifs is 1. The first-order valence-corrected chi connectivity index (χ1v) is 9.15. The quantitative estimate of drug-likeness (QED) is 0.547. The maximum Gasteiger partial charge on any atom is 0.290 e. The van der Waals surface area contributed by atoms with Crippen LogP contribution in [0, 0.1) is 5.82 Å². The number of nitrogens with one attached hydrogen (secondary N) is 2. The van der Waals surface area contributed by atoms with Gasteiger partial charge in [-0.1, -0.05) is 19.1 Å². The third-order valence-corrected chi connectivity index (χ3v) is 4.58. The Labute approximate surface area is 165 Å². The Morgan fingerprint density at radius 1 is 1.14 bits per heavy atom. The second-order valence-corrected chi connectivity index (χ2v) is 6.58. The maximum atomic E-state index is 13.2. The van der Waals surface area contributed by atoms with Gasteiger partial charge in [-0.3, -0.25) is 9.59 Å². The molecule has 0 atom stereocenters. The maximum absolute atomic E-state index is 13.2. The molecule has 0 aliphatic rings. The highest BCUT2D eigenvalue weighted by Crippen LogP contribution is 2.19. The molecule has 0 saturated carbocycles. The first-order valence-electron chi connectivity index (χ1n) is 9.15. The van der Waals surface area contributed by atoms with Gasteiger partial charge in [-0.2, -0.15) is 10.2 Å². The zero-order chi connectivity index (χ0) is 20.4. The number of H-pyrrole nitrogens is 1. The van der Waals surface area contributed by atoms with Crippen molar-refractivity contribution in [2.75, 3.05) is 5.32 Å².